The number of aryl methyl sites for hydroxylation is 2. The van der Waals surface area contributed by atoms with Crippen molar-refractivity contribution >= 4 is 28.6 Å². The fourth-order valence-corrected chi connectivity index (χ4v) is 5.15. The van der Waals surface area contributed by atoms with Crippen LogP contribution in [-0.4, -0.2) is 44.8 Å². The van der Waals surface area contributed by atoms with Crippen LogP contribution in [-0.2, 0) is 0 Å². The lowest BCUT2D eigenvalue weighted by Gasteiger charge is -2.18. The Hall–Kier alpha value is -2.20. The largest absolute Gasteiger partial charge is 0.379 e. The van der Waals surface area contributed by atoms with Crippen LogP contribution in [0.4, 0.5) is 8.78 Å². The molecule has 0 saturated carbocycles. The highest BCUT2D eigenvalue weighted by Crippen LogP contribution is 2.39. The number of hydrogen-bond acceptors (Lipinski definition) is 6. The Bertz CT molecular complexity index is 1140. The molecule has 0 spiro atoms. The van der Waals surface area contributed by atoms with E-state index in [1.165, 1.54) is 4.88 Å². The second-order valence-corrected chi connectivity index (χ2v) is 9.43. The number of alkyl halides is 2. The summed E-state index contributed by atoms with van der Waals surface area (Å²) in [4.78, 5) is 6.21. The van der Waals surface area contributed by atoms with Gasteiger partial charge in [-0.2, -0.15) is 0 Å². The molecule has 32 heavy (non-hydrogen) atoms. The Morgan fingerprint density at radius 1 is 1.19 bits per heavy atom. The molecule has 1 unspecified atom stereocenters. The molecule has 4 rings (SSSR count). The highest BCUT2D eigenvalue weighted by atomic mass is 35.5. The van der Waals surface area contributed by atoms with Crippen molar-refractivity contribution < 1.29 is 13.9 Å². The maximum absolute atomic E-state index is 12.5. The number of aromatic nitrogens is 3. The summed E-state index contributed by atoms with van der Waals surface area (Å²) in [6.45, 7) is 6.03. The summed E-state index contributed by atoms with van der Waals surface area (Å²) in [6.07, 6.45) is -3.59. The van der Waals surface area contributed by atoms with Gasteiger partial charge in [0.15, 0.2) is 5.82 Å². The van der Waals surface area contributed by atoms with Crippen LogP contribution in [0.25, 0.3) is 5.00 Å². The number of aliphatic hydroxyl groups is 1. The van der Waals surface area contributed by atoms with Crippen molar-refractivity contribution in [1.82, 2.24) is 20.1 Å². The Morgan fingerprint density at radius 2 is 1.91 bits per heavy atom. The third-order valence-corrected chi connectivity index (χ3v) is 6.99. The number of fused-ring (bicyclic) bond motifs is 3. The Balaban J connectivity index is 1.80. The molecular weight excluding hydrogens is 456 g/mol. The molecule has 1 aliphatic heterocycles. The lowest BCUT2D eigenvalue weighted by atomic mass is 9.99. The average molecular weight is 480 g/mol. The minimum atomic E-state index is -2.42. The summed E-state index contributed by atoms with van der Waals surface area (Å²) >= 11 is 7.75. The molecule has 6 nitrogen and oxygen atoms in total. The maximum atomic E-state index is 12.5. The van der Waals surface area contributed by atoms with Gasteiger partial charge in [0.05, 0.1) is 5.71 Å². The average Bonchev–Trinajstić information content (AvgIpc) is 3.21. The lowest BCUT2D eigenvalue weighted by Crippen LogP contribution is -2.32. The van der Waals surface area contributed by atoms with Crippen LogP contribution in [0.1, 0.15) is 52.1 Å². The molecule has 0 radical (unpaired) electrons. The van der Waals surface area contributed by atoms with Crippen LogP contribution in [0, 0.1) is 20.8 Å². The molecule has 3 aromatic rings. The molecule has 1 aromatic carbocycles. The van der Waals surface area contributed by atoms with Crippen LogP contribution >= 0.6 is 22.9 Å². The summed E-state index contributed by atoms with van der Waals surface area (Å²) in [5.41, 5.74) is 3.81. The van der Waals surface area contributed by atoms with Crippen molar-refractivity contribution in [3.05, 3.63) is 62.5 Å². The van der Waals surface area contributed by atoms with Gasteiger partial charge in [-0.3, -0.25) is 14.9 Å². The first-order valence-corrected chi connectivity index (χ1v) is 11.5. The van der Waals surface area contributed by atoms with Crippen molar-refractivity contribution in [3.63, 3.8) is 0 Å². The van der Waals surface area contributed by atoms with Gasteiger partial charge in [0.2, 0.25) is 6.43 Å². The predicted octanol–water partition coefficient (Wildman–Crippen LogP) is 4.75. The zero-order valence-corrected chi connectivity index (χ0v) is 19.5. The number of benzene rings is 1. The van der Waals surface area contributed by atoms with E-state index in [0.29, 0.717) is 10.8 Å². The molecule has 0 fully saturated rings. The monoisotopic (exact) mass is 479 g/mol. The van der Waals surface area contributed by atoms with Gasteiger partial charge in [-0.15, -0.1) is 21.5 Å². The molecule has 2 N–H and O–H groups in total. The molecular formula is C22H24ClF2N5OS. The number of aliphatic hydroxyl groups excluding tert-OH is 1. The van der Waals surface area contributed by atoms with Crippen LogP contribution in [0.2, 0.25) is 5.02 Å². The minimum absolute atomic E-state index is 0.0106. The number of aliphatic imine (C=N–C) groups is 1. The Labute approximate surface area is 194 Å². The first kappa shape index (κ1) is 23.0. The maximum Gasteiger partial charge on any atom is 0.239 e. The molecule has 2 atom stereocenters. The number of halogens is 3. The van der Waals surface area contributed by atoms with Gasteiger partial charge in [0, 0.05) is 40.4 Å². The van der Waals surface area contributed by atoms with Gasteiger partial charge in [-0.1, -0.05) is 23.7 Å². The zero-order valence-electron chi connectivity index (χ0n) is 17.9. The minimum Gasteiger partial charge on any atom is -0.379 e. The number of rotatable bonds is 7. The fourth-order valence-electron chi connectivity index (χ4n) is 3.81. The van der Waals surface area contributed by atoms with E-state index in [1.807, 2.05) is 35.8 Å². The second-order valence-electron chi connectivity index (χ2n) is 7.79. The summed E-state index contributed by atoms with van der Waals surface area (Å²) in [5, 5.41) is 23.5. The van der Waals surface area contributed by atoms with Crippen molar-refractivity contribution in [3.8, 4) is 5.00 Å². The smallest absolute Gasteiger partial charge is 0.239 e. The van der Waals surface area contributed by atoms with Crippen LogP contribution in [0.5, 0.6) is 0 Å². The van der Waals surface area contributed by atoms with Gasteiger partial charge < -0.3 is 5.11 Å². The first-order valence-electron chi connectivity index (χ1n) is 10.3. The van der Waals surface area contributed by atoms with Gasteiger partial charge in [0.1, 0.15) is 23.1 Å². The molecule has 10 heteroatoms. The highest BCUT2D eigenvalue weighted by molar-refractivity contribution is 7.15. The normalized spacial score (nSPS) is 16.5. The third-order valence-electron chi connectivity index (χ3n) is 5.55. The quantitative estimate of drug-likeness (QED) is 0.479. The van der Waals surface area contributed by atoms with Crippen LogP contribution in [0.15, 0.2) is 29.3 Å². The van der Waals surface area contributed by atoms with Gasteiger partial charge in [-0.05, 0) is 38.5 Å². The van der Waals surface area contributed by atoms with Crippen LogP contribution in [0.3, 0.4) is 0 Å². The molecule has 2 aromatic heterocycles. The van der Waals surface area contributed by atoms with E-state index in [9.17, 15) is 13.9 Å². The first-order chi connectivity index (χ1) is 15.3. The van der Waals surface area contributed by atoms with Gasteiger partial charge >= 0.3 is 0 Å². The standard InChI is InChI=1S/C22H24ClF2N5OS/c1-11-12(2)32-22-19(11)20(14-4-6-15(23)7-5-14)27-16(21-29-28-13(3)30(21)22)10-18(31)26-9-8-17(24)25/h4-7,16-18,26,31H,8-10H2,1-3H3/t16-,18?/m0/s1. The van der Waals surface area contributed by atoms with Crippen molar-refractivity contribution in [2.24, 2.45) is 4.99 Å². The van der Waals surface area contributed by atoms with Gasteiger partial charge in [0.25, 0.3) is 0 Å². The van der Waals surface area contributed by atoms with E-state index in [0.717, 1.165) is 33.2 Å². The fraction of sp³-hybridized carbons (Fsp3) is 0.409. The summed E-state index contributed by atoms with van der Waals surface area (Å²) in [5.74, 6) is 1.34. The topological polar surface area (TPSA) is 75.3 Å². The number of hydrogen-bond donors (Lipinski definition) is 2. The van der Waals surface area contributed by atoms with Crippen molar-refractivity contribution in [2.75, 3.05) is 6.54 Å². The molecule has 0 amide bonds. The number of nitrogens with zero attached hydrogens (tertiary/aromatic N) is 4. The lowest BCUT2D eigenvalue weighted by molar-refractivity contribution is 0.0983. The third kappa shape index (κ3) is 4.47. The van der Waals surface area contributed by atoms with E-state index in [-0.39, 0.29) is 19.4 Å². The molecule has 3 heterocycles. The van der Waals surface area contributed by atoms with Crippen molar-refractivity contribution in [1.29, 1.82) is 0 Å². The molecule has 1 aliphatic rings. The molecule has 170 valence electrons. The predicted molar refractivity (Wildman–Crippen MR) is 123 cm³/mol. The summed E-state index contributed by atoms with van der Waals surface area (Å²) < 4.78 is 26.9. The molecule has 0 aliphatic carbocycles. The Kier molecular flexibility index (Phi) is 6.71. The van der Waals surface area contributed by atoms with Crippen molar-refractivity contribution in [2.45, 2.75) is 52.3 Å². The van der Waals surface area contributed by atoms with E-state index >= 15 is 0 Å². The zero-order chi connectivity index (χ0) is 23.0. The SMILES string of the molecule is Cc1sc2c(c1C)C(c1ccc(Cl)cc1)=N[C@@H](CC(O)NCCC(F)F)c1nnc(C)n1-2. The van der Waals surface area contributed by atoms with E-state index < -0.39 is 18.7 Å². The van der Waals surface area contributed by atoms with E-state index in [2.05, 4.69) is 29.4 Å². The number of thiophene rings is 1. The molecule has 0 bridgehead atoms. The highest BCUT2D eigenvalue weighted by Gasteiger charge is 2.32. The second kappa shape index (κ2) is 9.35. The van der Waals surface area contributed by atoms with E-state index in [1.54, 1.807) is 11.3 Å². The van der Waals surface area contributed by atoms with E-state index in [4.69, 9.17) is 16.6 Å². The van der Waals surface area contributed by atoms with Crippen LogP contribution < -0.4 is 5.32 Å². The van der Waals surface area contributed by atoms with Gasteiger partial charge in [-0.25, -0.2) is 8.78 Å². The summed E-state index contributed by atoms with van der Waals surface area (Å²) in [7, 11) is 0. The molecule has 0 saturated heterocycles. The Morgan fingerprint density at radius 3 is 2.59 bits per heavy atom. The summed E-state index contributed by atoms with van der Waals surface area (Å²) in [6, 6.07) is 6.96. The number of nitrogens with one attached hydrogen (secondary N) is 1.